The van der Waals surface area contributed by atoms with Crippen LogP contribution in [-0.2, 0) is 11.2 Å². The van der Waals surface area contributed by atoms with Crippen molar-refractivity contribution in [2.24, 2.45) is 0 Å². The van der Waals surface area contributed by atoms with Gasteiger partial charge < -0.3 is 4.74 Å². The average molecular weight is 226 g/mol. The predicted octanol–water partition coefficient (Wildman–Crippen LogP) is 2.64. The highest BCUT2D eigenvalue weighted by Gasteiger charge is 2.30. The standard InChI is InChI=1S/C12H12F2O2/c1-2-3-10(15)11-5-7-4-8(13)6-9(14)12(7)16-11/h4,6,11H,2-3,5H2,1H3. The van der Waals surface area contributed by atoms with Crippen LogP contribution < -0.4 is 4.74 Å². The zero-order valence-electron chi connectivity index (χ0n) is 8.93. The van der Waals surface area contributed by atoms with Gasteiger partial charge in [0, 0.05) is 24.5 Å². The monoisotopic (exact) mass is 226 g/mol. The lowest BCUT2D eigenvalue weighted by atomic mass is 10.0. The number of carbonyl (C=O) groups is 1. The van der Waals surface area contributed by atoms with E-state index < -0.39 is 17.7 Å². The number of Topliss-reactive ketones (excluding diaryl/α,β-unsaturated/α-hetero) is 1. The lowest BCUT2D eigenvalue weighted by Crippen LogP contribution is -2.24. The van der Waals surface area contributed by atoms with E-state index in [-0.39, 0.29) is 18.0 Å². The highest BCUT2D eigenvalue weighted by Crippen LogP contribution is 2.33. The van der Waals surface area contributed by atoms with Crippen LogP contribution in [-0.4, -0.2) is 11.9 Å². The van der Waals surface area contributed by atoms with Crippen LogP contribution in [0.4, 0.5) is 8.78 Å². The number of benzene rings is 1. The second-order valence-electron chi connectivity index (χ2n) is 3.90. The van der Waals surface area contributed by atoms with Crippen molar-refractivity contribution in [1.82, 2.24) is 0 Å². The van der Waals surface area contributed by atoms with Crippen LogP contribution in [0.2, 0.25) is 0 Å². The number of rotatable bonds is 3. The molecule has 0 saturated heterocycles. The summed E-state index contributed by atoms with van der Waals surface area (Å²) in [4.78, 5) is 11.6. The summed E-state index contributed by atoms with van der Waals surface area (Å²) in [6.07, 6.45) is 0.753. The van der Waals surface area contributed by atoms with Crippen molar-refractivity contribution >= 4 is 5.78 Å². The molecule has 1 aromatic rings. The summed E-state index contributed by atoms with van der Waals surface area (Å²) in [5.41, 5.74) is 0.437. The van der Waals surface area contributed by atoms with Crippen molar-refractivity contribution in [3.05, 3.63) is 29.3 Å². The van der Waals surface area contributed by atoms with E-state index in [2.05, 4.69) is 0 Å². The van der Waals surface area contributed by atoms with Gasteiger partial charge in [0.05, 0.1) is 0 Å². The molecule has 2 rings (SSSR count). The number of fused-ring (bicyclic) bond motifs is 1. The summed E-state index contributed by atoms with van der Waals surface area (Å²) in [6.45, 7) is 1.89. The first kappa shape index (κ1) is 11.0. The maximum atomic E-state index is 13.3. The summed E-state index contributed by atoms with van der Waals surface area (Å²) >= 11 is 0. The summed E-state index contributed by atoms with van der Waals surface area (Å²) < 4.78 is 31.4. The first-order valence-electron chi connectivity index (χ1n) is 5.29. The second-order valence-corrected chi connectivity index (χ2v) is 3.90. The van der Waals surface area contributed by atoms with E-state index >= 15 is 0 Å². The molecule has 1 heterocycles. The molecular formula is C12H12F2O2. The van der Waals surface area contributed by atoms with Gasteiger partial charge in [0.15, 0.2) is 23.5 Å². The maximum Gasteiger partial charge on any atom is 0.173 e. The Hall–Kier alpha value is -1.45. The number of carbonyl (C=O) groups excluding carboxylic acids is 1. The van der Waals surface area contributed by atoms with Crippen molar-refractivity contribution in [2.45, 2.75) is 32.3 Å². The molecule has 86 valence electrons. The van der Waals surface area contributed by atoms with Crippen LogP contribution in [0.25, 0.3) is 0 Å². The van der Waals surface area contributed by atoms with Gasteiger partial charge in [-0.05, 0) is 12.5 Å². The highest BCUT2D eigenvalue weighted by molar-refractivity contribution is 5.84. The topological polar surface area (TPSA) is 26.3 Å². The Bertz CT molecular complexity index is 429. The largest absolute Gasteiger partial charge is 0.479 e. The molecule has 0 fully saturated rings. The molecule has 0 bridgehead atoms. The third kappa shape index (κ3) is 1.92. The number of halogens is 2. The van der Waals surface area contributed by atoms with Crippen LogP contribution in [0.1, 0.15) is 25.3 Å². The Morgan fingerprint density at radius 2 is 2.25 bits per heavy atom. The molecule has 1 aromatic carbocycles. The molecule has 16 heavy (non-hydrogen) atoms. The minimum absolute atomic E-state index is 0.0239. The van der Waals surface area contributed by atoms with E-state index in [0.717, 1.165) is 12.5 Å². The van der Waals surface area contributed by atoms with Gasteiger partial charge in [-0.2, -0.15) is 0 Å². The minimum Gasteiger partial charge on any atom is -0.479 e. The van der Waals surface area contributed by atoms with Gasteiger partial charge >= 0.3 is 0 Å². The Labute approximate surface area is 92.2 Å². The maximum absolute atomic E-state index is 13.3. The van der Waals surface area contributed by atoms with Crippen LogP contribution in [0.5, 0.6) is 5.75 Å². The number of ketones is 1. The lowest BCUT2D eigenvalue weighted by molar-refractivity contribution is -0.125. The zero-order chi connectivity index (χ0) is 11.7. The molecule has 1 aliphatic rings. The van der Waals surface area contributed by atoms with E-state index in [1.807, 2.05) is 6.92 Å². The summed E-state index contributed by atoms with van der Waals surface area (Å²) in [5, 5.41) is 0. The molecule has 2 nitrogen and oxygen atoms in total. The van der Waals surface area contributed by atoms with E-state index in [0.29, 0.717) is 12.0 Å². The third-order valence-electron chi connectivity index (χ3n) is 2.61. The van der Waals surface area contributed by atoms with Gasteiger partial charge in [-0.1, -0.05) is 6.92 Å². The van der Waals surface area contributed by atoms with Crippen molar-refractivity contribution in [3.8, 4) is 5.75 Å². The molecule has 0 aromatic heterocycles. The van der Waals surface area contributed by atoms with Crippen LogP contribution in [0.15, 0.2) is 12.1 Å². The SMILES string of the molecule is CCCC(=O)C1Cc2cc(F)cc(F)c2O1. The van der Waals surface area contributed by atoms with Crippen LogP contribution in [0.3, 0.4) is 0 Å². The zero-order valence-corrected chi connectivity index (χ0v) is 8.93. The summed E-state index contributed by atoms with van der Waals surface area (Å²) in [7, 11) is 0. The summed E-state index contributed by atoms with van der Waals surface area (Å²) in [6, 6.07) is 1.99. The Kier molecular flexibility index (Phi) is 2.90. The Balaban J connectivity index is 2.21. The van der Waals surface area contributed by atoms with Crippen molar-refractivity contribution in [1.29, 1.82) is 0 Å². The van der Waals surface area contributed by atoms with E-state index in [1.54, 1.807) is 0 Å². The van der Waals surface area contributed by atoms with E-state index in [1.165, 1.54) is 6.07 Å². The fourth-order valence-electron chi connectivity index (χ4n) is 1.87. The molecule has 1 unspecified atom stereocenters. The van der Waals surface area contributed by atoms with Crippen molar-refractivity contribution < 1.29 is 18.3 Å². The van der Waals surface area contributed by atoms with Gasteiger partial charge in [-0.25, -0.2) is 8.78 Å². The van der Waals surface area contributed by atoms with Crippen LogP contribution in [0, 0.1) is 11.6 Å². The van der Waals surface area contributed by atoms with Gasteiger partial charge in [0.2, 0.25) is 0 Å². The molecule has 0 N–H and O–H groups in total. The number of hydrogen-bond donors (Lipinski definition) is 0. The molecule has 0 saturated carbocycles. The normalized spacial score (nSPS) is 18.1. The fourth-order valence-corrected chi connectivity index (χ4v) is 1.87. The fraction of sp³-hybridized carbons (Fsp3) is 0.417. The molecule has 0 radical (unpaired) electrons. The molecule has 0 amide bonds. The van der Waals surface area contributed by atoms with Crippen molar-refractivity contribution in [2.75, 3.05) is 0 Å². The van der Waals surface area contributed by atoms with Gasteiger partial charge in [-0.15, -0.1) is 0 Å². The molecule has 1 atom stereocenters. The molecular weight excluding hydrogens is 214 g/mol. The first-order chi connectivity index (χ1) is 7.61. The third-order valence-corrected chi connectivity index (χ3v) is 2.61. The smallest absolute Gasteiger partial charge is 0.173 e. The summed E-state index contributed by atoms with van der Waals surface area (Å²) in [5.74, 6) is -1.40. The van der Waals surface area contributed by atoms with Gasteiger partial charge in [-0.3, -0.25) is 4.79 Å². The van der Waals surface area contributed by atoms with Gasteiger partial charge in [0.1, 0.15) is 5.82 Å². The van der Waals surface area contributed by atoms with Gasteiger partial charge in [0.25, 0.3) is 0 Å². The number of ether oxygens (including phenoxy) is 1. The highest BCUT2D eigenvalue weighted by atomic mass is 19.1. The Morgan fingerprint density at radius 1 is 1.50 bits per heavy atom. The quantitative estimate of drug-likeness (QED) is 0.792. The number of hydrogen-bond acceptors (Lipinski definition) is 2. The van der Waals surface area contributed by atoms with Crippen molar-refractivity contribution in [3.63, 3.8) is 0 Å². The second kappa shape index (κ2) is 4.20. The molecule has 4 heteroatoms. The molecule has 0 spiro atoms. The minimum atomic E-state index is -0.734. The van der Waals surface area contributed by atoms with E-state index in [9.17, 15) is 13.6 Å². The first-order valence-corrected chi connectivity index (χ1v) is 5.29. The van der Waals surface area contributed by atoms with Crippen LogP contribution >= 0.6 is 0 Å². The lowest BCUT2D eigenvalue weighted by Gasteiger charge is -2.08. The predicted molar refractivity (Wildman–Crippen MR) is 54.4 cm³/mol. The molecule has 1 aliphatic heterocycles. The van der Waals surface area contributed by atoms with E-state index in [4.69, 9.17) is 4.74 Å². The average Bonchev–Trinajstić information content (AvgIpc) is 2.62. The molecule has 0 aliphatic carbocycles. The Morgan fingerprint density at radius 3 is 2.94 bits per heavy atom.